The number of rotatable bonds is 4. The number of aromatic nitrogens is 1. The number of oxazole rings is 1. The number of aryl methyl sites for hydroxylation is 1. The molecule has 21 heavy (non-hydrogen) atoms. The van der Waals surface area contributed by atoms with E-state index in [1.807, 2.05) is 11.4 Å². The Morgan fingerprint density at radius 1 is 1.57 bits per heavy atom. The van der Waals surface area contributed by atoms with E-state index in [1.54, 1.807) is 18.9 Å². The highest BCUT2D eigenvalue weighted by Gasteiger charge is 2.18. The molecule has 0 aliphatic heterocycles. The molecule has 6 heteroatoms. The third-order valence-corrected chi connectivity index (χ3v) is 3.70. The Kier molecular flexibility index (Phi) is 5.14. The second-order valence-electron chi connectivity index (χ2n) is 4.52. The molecule has 2 heterocycles. The number of carbonyl (C=O) groups excluding carboxylic acids is 1. The smallest absolute Gasteiger partial charge is 0.291 e. The zero-order valence-corrected chi connectivity index (χ0v) is 12.7. The van der Waals surface area contributed by atoms with Crippen molar-refractivity contribution >= 4 is 17.2 Å². The number of hydrogen-bond acceptors (Lipinski definition) is 5. The fourth-order valence-corrected chi connectivity index (χ4v) is 2.53. The summed E-state index contributed by atoms with van der Waals surface area (Å²) in [7, 11) is 1.72. The molecule has 0 spiro atoms. The molecule has 5 nitrogen and oxygen atoms in total. The van der Waals surface area contributed by atoms with Gasteiger partial charge in [-0.05, 0) is 23.9 Å². The van der Waals surface area contributed by atoms with Crippen LogP contribution < -0.4 is 0 Å². The van der Waals surface area contributed by atoms with Gasteiger partial charge in [0.25, 0.3) is 5.91 Å². The summed E-state index contributed by atoms with van der Waals surface area (Å²) in [5.74, 6) is 5.94. The lowest BCUT2D eigenvalue weighted by Crippen LogP contribution is -2.26. The second-order valence-corrected chi connectivity index (χ2v) is 5.43. The Bertz CT molecular complexity index is 678. The third kappa shape index (κ3) is 3.94. The average molecular weight is 304 g/mol. The average Bonchev–Trinajstić information content (AvgIpc) is 3.07. The van der Waals surface area contributed by atoms with Crippen molar-refractivity contribution in [2.24, 2.45) is 0 Å². The summed E-state index contributed by atoms with van der Waals surface area (Å²) in [6, 6.07) is 1.95. The normalized spacial score (nSPS) is 10.0. The largest absolute Gasteiger partial charge is 0.438 e. The molecule has 0 aliphatic carbocycles. The van der Waals surface area contributed by atoms with Gasteiger partial charge in [-0.3, -0.25) is 4.79 Å². The minimum absolute atomic E-state index is 0.0685. The monoisotopic (exact) mass is 304 g/mol. The molecular weight excluding hydrogens is 288 g/mol. The Hall–Kier alpha value is -2.10. The van der Waals surface area contributed by atoms with Crippen molar-refractivity contribution in [1.29, 1.82) is 0 Å². The van der Waals surface area contributed by atoms with Crippen molar-refractivity contribution in [2.75, 3.05) is 13.7 Å². The van der Waals surface area contributed by atoms with Gasteiger partial charge in [0.1, 0.15) is 0 Å². The minimum atomic E-state index is -0.191. The van der Waals surface area contributed by atoms with Gasteiger partial charge in [0, 0.05) is 20.0 Å². The van der Waals surface area contributed by atoms with Crippen molar-refractivity contribution in [1.82, 2.24) is 9.88 Å². The van der Waals surface area contributed by atoms with Crippen molar-refractivity contribution in [2.45, 2.75) is 19.9 Å². The van der Waals surface area contributed by atoms with Crippen LogP contribution in [0.4, 0.5) is 0 Å². The van der Waals surface area contributed by atoms with Crippen molar-refractivity contribution in [3.8, 4) is 11.8 Å². The van der Waals surface area contributed by atoms with Crippen molar-refractivity contribution in [3.63, 3.8) is 0 Å². The molecule has 0 saturated heterocycles. The highest BCUT2D eigenvalue weighted by Crippen LogP contribution is 2.17. The molecule has 0 aliphatic rings. The van der Waals surface area contributed by atoms with Gasteiger partial charge in [0.05, 0.1) is 17.2 Å². The first-order valence-electron chi connectivity index (χ1n) is 6.44. The topological polar surface area (TPSA) is 66.6 Å². The number of thiophene rings is 1. The molecule has 110 valence electrons. The molecule has 0 saturated carbocycles. The SMILES string of the molecule is Cc1ncoc1C(=O)N(C)Cc1csc(C#CCCO)c1. The summed E-state index contributed by atoms with van der Waals surface area (Å²) in [6.07, 6.45) is 1.74. The Morgan fingerprint density at radius 3 is 3.05 bits per heavy atom. The maximum atomic E-state index is 12.2. The maximum absolute atomic E-state index is 12.2. The van der Waals surface area contributed by atoms with Crippen molar-refractivity contribution in [3.05, 3.63) is 39.7 Å². The van der Waals surface area contributed by atoms with Crippen LogP contribution in [0.2, 0.25) is 0 Å². The molecule has 1 amide bonds. The lowest BCUT2D eigenvalue weighted by Gasteiger charge is -2.14. The van der Waals surface area contributed by atoms with E-state index in [9.17, 15) is 4.79 Å². The van der Waals surface area contributed by atoms with Crippen LogP contribution in [0, 0.1) is 18.8 Å². The van der Waals surface area contributed by atoms with Gasteiger partial charge >= 0.3 is 0 Å². The minimum Gasteiger partial charge on any atom is -0.438 e. The summed E-state index contributed by atoms with van der Waals surface area (Å²) in [6.45, 7) is 2.29. The van der Waals surface area contributed by atoms with E-state index in [2.05, 4.69) is 16.8 Å². The van der Waals surface area contributed by atoms with E-state index >= 15 is 0 Å². The molecule has 2 rings (SSSR count). The number of nitrogens with zero attached hydrogens (tertiary/aromatic N) is 2. The van der Waals surface area contributed by atoms with Crippen molar-refractivity contribution < 1.29 is 14.3 Å². The van der Waals surface area contributed by atoms with E-state index in [1.165, 1.54) is 17.7 Å². The number of hydrogen-bond donors (Lipinski definition) is 1. The summed E-state index contributed by atoms with van der Waals surface area (Å²) < 4.78 is 5.11. The molecule has 2 aromatic heterocycles. The molecule has 0 radical (unpaired) electrons. The van der Waals surface area contributed by atoms with Crippen LogP contribution >= 0.6 is 11.3 Å². The summed E-state index contributed by atoms with van der Waals surface area (Å²) >= 11 is 1.53. The van der Waals surface area contributed by atoms with Crippen LogP contribution in [0.25, 0.3) is 0 Å². The first-order valence-corrected chi connectivity index (χ1v) is 7.32. The molecule has 0 bridgehead atoms. The molecule has 0 unspecified atom stereocenters. The van der Waals surface area contributed by atoms with E-state index in [0.717, 1.165) is 10.4 Å². The standard InChI is InChI=1S/C15H16N2O3S/c1-11-14(20-10-16-11)15(19)17(2)8-12-7-13(21-9-12)5-3-4-6-18/h7,9-10,18H,4,6,8H2,1-2H3. The summed E-state index contributed by atoms with van der Waals surface area (Å²) in [5.41, 5.74) is 1.61. The zero-order chi connectivity index (χ0) is 15.2. The van der Waals surface area contributed by atoms with E-state index < -0.39 is 0 Å². The maximum Gasteiger partial charge on any atom is 0.291 e. The van der Waals surface area contributed by atoms with E-state index in [0.29, 0.717) is 18.7 Å². The van der Waals surface area contributed by atoms with Crippen LogP contribution in [0.5, 0.6) is 0 Å². The van der Waals surface area contributed by atoms with Gasteiger partial charge in [-0.2, -0.15) is 0 Å². The Balaban J connectivity index is 2.00. The molecule has 2 aromatic rings. The van der Waals surface area contributed by atoms with Gasteiger partial charge < -0.3 is 14.4 Å². The number of carbonyl (C=O) groups is 1. The summed E-state index contributed by atoms with van der Waals surface area (Å²) in [5, 5.41) is 10.7. The summed E-state index contributed by atoms with van der Waals surface area (Å²) in [4.78, 5) is 18.6. The van der Waals surface area contributed by atoms with Crippen LogP contribution in [-0.2, 0) is 6.54 Å². The lowest BCUT2D eigenvalue weighted by molar-refractivity contribution is 0.0752. The molecular formula is C15H16N2O3S. The molecule has 0 aromatic carbocycles. The molecule has 0 fully saturated rings. The highest BCUT2D eigenvalue weighted by molar-refractivity contribution is 7.10. The van der Waals surface area contributed by atoms with Crippen LogP contribution in [-0.4, -0.2) is 34.6 Å². The predicted octanol–water partition coefficient (Wildman–Crippen LogP) is 2.05. The third-order valence-electron chi connectivity index (χ3n) is 2.81. The number of amides is 1. The van der Waals surface area contributed by atoms with Crippen LogP contribution in [0.3, 0.4) is 0 Å². The number of aliphatic hydroxyl groups excluding tert-OH is 1. The second kappa shape index (κ2) is 7.07. The lowest BCUT2D eigenvalue weighted by atomic mass is 10.2. The van der Waals surface area contributed by atoms with Crippen LogP contribution in [0.15, 0.2) is 22.3 Å². The highest BCUT2D eigenvalue weighted by atomic mass is 32.1. The fraction of sp³-hybridized carbons (Fsp3) is 0.333. The molecule has 0 atom stereocenters. The van der Waals surface area contributed by atoms with E-state index in [4.69, 9.17) is 9.52 Å². The first kappa shape index (κ1) is 15.3. The quantitative estimate of drug-likeness (QED) is 0.878. The van der Waals surface area contributed by atoms with E-state index in [-0.39, 0.29) is 18.3 Å². The van der Waals surface area contributed by atoms with Crippen LogP contribution in [0.1, 0.15) is 33.1 Å². The van der Waals surface area contributed by atoms with Gasteiger partial charge in [0.2, 0.25) is 5.76 Å². The van der Waals surface area contributed by atoms with Gasteiger partial charge in [-0.1, -0.05) is 11.8 Å². The Morgan fingerprint density at radius 2 is 2.38 bits per heavy atom. The predicted molar refractivity (Wildman–Crippen MR) is 79.9 cm³/mol. The van der Waals surface area contributed by atoms with Gasteiger partial charge in [-0.15, -0.1) is 11.3 Å². The zero-order valence-electron chi connectivity index (χ0n) is 11.9. The van der Waals surface area contributed by atoms with Gasteiger partial charge in [0.15, 0.2) is 6.39 Å². The number of aliphatic hydroxyl groups is 1. The molecule has 1 N–H and O–H groups in total. The fourth-order valence-electron chi connectivity index (χ4n) is 1.76. The Labute approximate surface area is 127 Å². The van der Waals surface area contributed by atoms with Gasteiger partial charge in [-0.25, -0.2) is 4.98 Å². The first-order chi connectivity index (χ1) is 10.1.